The highest BCUT2D eigenvalue weighted by Gasteiger charge is 2.16. The van der Waals surface area contributed by atoms with E-state index in [1.165, 1.54) is 6.33 Å². The molecule has 0 aliphatic rings. The second kappa shape index (κ2) is 7.71. The van der Waals surface area contributed by atoms with E-state index in [-0.39, 0.29) is 0 Å². The Balaban J connectivity index is 1.86. The van der Waals surface area contributed by atoms with Crippen LogP contribution in [0.5, 0.6) is 23.1 Å². The van der Waals surface area contributed by atoms with Gasteiger partial charge < -0.3 is 14.2 Å². The molecule has 0 amide bonds. The van der Waals surface area contributed by atoms with Crippen LogP contribution in [0.3, 0.4) is 0 Å². The fourth-order valence-corrected chi connectivity index (χ4v) is 3.01. The maximum Gasteiger partial charge on any atom is 0.230 e. The van der Waals surface area contributed by atoms with Gasteiger partial charge in [-0.15, -0.1) is 0 Å². The number of benzene rings is 1. The first-order valence-corrected chi connectivity index (χ1v) is 9.04. The van der Waals surface area contributed by atoms with Crippen molar-refractivity contribution in [1.29, 1.82) is 0 Å². The van der Waals surface area contributed by atoms with Crippen molar-refractivity contribution in [1.82, 2.24) is 19.9 Å². The van der Waals surface area contributed by atoms with E-state index in [0.29, 0.717) is 39.7 Å². The summed E-state index contributed by atoms with van der Waals surface area (Å²) >= 11 is 0. The Labute approximate surface area is 168 Å². The molecule has 0 bridgehead atoms. The molecule has 0 saturated heterocycles. The monoisotopic (exact) mass is 388 g/mol. The summed E-state index contributed by atoms with van der Waals surface area (Å²) in [5.41, 5.74) is 4.20. The van der Waals surface area contributed by atoms with E-state index in [4.69, 9.17) is 19.2 Å². The van der Waals surface area contributed by atoms with Gasteiger partial charge in [-0.3, -0.25) is 4.98 Å². The quantitative estimate of drug-likeness (QED) is 0.497. The van der Waals surface area contributed by atoms with Crippen LogP contribution < -0.4 is 14.2 Å². The van der Waals surface area contributed by atoms with Crippen molar-refractivity contribution in [3.05, 3.63) is 60.3 Å². The lowest BCUT2D eigenvalue weighted by Crippen LogP contribution is -1.99. The van der Waals surface area contributed by atoms with E-state index in [0.717, 1.165) is 16.8 Å². The van der Waals surface area contributed by atoms with Gasteiger partial charge in [-0.05, 0) is 43.7 Å². The van der Waals surface area contributed by atoms with Crippen LogP contribution in [0.15, 0.2) is 49.1 Å². The van der Waals surface area contributed by atoms with Gasteiger partial charge in [0.25, 0.3) is 0 Å². The van der Waals surface area contributed by atoms with Gasteiger partial charge in [-0.2, -0.15) is 0 Å². The van der Waals surface area contributed by atoms with Gasteiger partial charge in [0.05, 0.1) is 25.1 Å². The number of pyridine rings is 2. The first-order valence-electron chi connectivity index (χ1n) is 9.04. The summed E-state index contributed by atoms with van der Waals surface area (Å²) in [5.74, 6) is 2.17. The number of aromatic nitrogens is 4. The molecule has 0 saturated carbocycles. The Bertz CT molecular complexity index is 1180. The third-order valence-electron chi connectivity index (χ3n) is 4.68. The molecule has 7 heteroatoms. The normalized spacial score (nSPS) is 10.8. The SMILES string of the molecule is COc1cc2ncnc(Oc3cc(C)c(C)nc3-c3cccnc3)c2cc1OC. The number of hydrogen-bond acceptors (Lipinski definition) is 7. The summed E-state index contributed by atoms with van der Waals surface area (Å²) < 4.78 is 17.0. The lowest BCUT2D eigenvalue weighted by atomic mass is 10.1. The standard InChI is InChI=1S/C22H20N4O3/c1-13-8-20(21(26-14(13)2)15-6-5-7-23-11-15)29-22-16-9-18(27-3)19(28-4)10-17(16)24-12-25-22/h5-12H,1-4H3. The van der Waals surface area contributed by atoms with Gasteiger partial charge in [-0.1, -0.05) is 0 Å². The third kappa shape index (κ3) is 3.54. The molecule has 0 spiro atoms. The second-order valence-electron chi connectivity index (χ2n) is 6.48. The van der Waals surface area contributed by atoms with Gasteiger partial charge >= 0.3 is 0 Å². The molecule has 0 aliphatic heterocycles. The van der Waals surface area contributed by atoms with E-state index in [2.05, 4.69) is 15.0 Å². The van der Waals surface area contributed by atoms with Crippen LogP contribution in [0, 0.1) is 13.8 Å². The first-order chi connectivity index (χ1) is 14.1. The molecule has 29 heavy (non-hydrogen) atoms. The summed E-state index contributed by atoms with van der Waals surface area (Å²) in [6.45, 7) is 3.96. The summed E-state index contributed by atoms with van der Waals surface area (Å²) in [5, 5.41) is 0.709. The Morgan fingerprint density at radius 2 is 1.69 bits per heavy atom. The van der Waals surface area contributed by atoms with E-state index >= 15 is 0 Å². The van der Waals surface area contributed by atoms with Crippen molar-refractivity contribution in [2.24, 2.45) is 0 Å². The molecule has 0 atom stereocenters. The minimum atomic E-state index is 0.408. The molecule has 146 valence electrons. The molecule has 4 aromatic rings. The molecule has 3 aromatic heterocycles. The summed E-state index contributed by atoms with van der Waals surface area (Å²) in [4.78, 5) is 17.6. The molecule has 0 aliphatic carbocycles. The van der Waals surface area contributed by atoms with Crippen LogP contribution >= 0.6 is 0 Å². The number of aryl methyl sites for hydroxylation is 2. The van der Waals surface area contributed by atoms with Crippen molar-refractivity contribution in [2.75, 3.05) is 14.2 Å². The highest BCUT2D eigenvalue weighted by atomic mass is 16.5. The summed E-state index contributed by atoms with van der Waals surface area (Å²) in [7, 11) is 3.17. The van der Waals surface area contributed by atoms with Crippen molar-refractivity contribution < 1.29 is 14.2 Å². The highest BCUT2D eigenvalue weighted by molar-refractivity contribution is 5.87. The molecule has 1 aromatic carbocycles. The zero-order valence-corrected chi connectivity index (χ0v) is 16.6. The molecule has 0 radical (unpaired) electrons. The molecular weight excluding hydrogens is 368 g/mol. The number of nitrogens with zero attached hydrogens (tertiary/aromatic N) is 4. The zero-order valence-electron chi connectivity index (χ0n) is 16.6. The zero-order chi connectivity index (χ0) is 20.4. The van der Waals surface area contributed by atoms with Gasteiger partial charge in [0, 0.05) is 29.7 Å². The van der Waals surface area contributed by atoms with Crippen LogP contribution in [0.4, 0.5) is 0 Å². The number of ether oxygens (including phenoxy) is 3. The van der Waals surface area contributed by atoms with Crippen molar-refractivity contribution in [3.63, 3.8) is 0 Å². The second-order valence-corrected chi connectivity index (χ2v) is 6.48. The van der Waals surface area contributed by atoms with Crippen LogP contribution in [-0.2, 0) is 0 Å². The van der Waals surface area contributed by atoms with E-state index in [1.807, 2.05) is 38.1 Å². The van der Waals surface area contributed by atoms with E-state index in [9.17, 15) is 0 Å². The Morgan fingerprint density at radius 3 is 2.41 bits per heavy atom. The molecule has 3 heterocycles. The first kappa shape index (κ1) is 18.6. The van der Waals surface area contributed by atoms with Crippen LogP contribution in [0.25, 0.3) is 22.2 Å². The van der Waals surface area contributed by atoms with Crippen LogP contribution in [0.2, 0.25) is 0 Å². The molecule has 7 nitrogen and oxygen atoms in total. The average Bonchev–Trinajstić information content (AvgIpc) is 2.76. The number of fused-ring (bicyclic) bond motifs is 1. The van der Waals surface area contributed by atoms with Gasteiger partial charge in [-0.25, -0.2) is 15.0 Å². The van der Waals surface area contributed by atoms with E-state index in [1.54, 1.807) is 32.7 Å². The predicted octanol–water partition coefficient (Wildman–Crippen LogP) is 4.51. The summed E-state index contributed by atoms with van der Waals surface area (Å²) in [6, 6.07) is 9.38. The molecule has 0 N–H and O–H groups in total. The summed E-state index contributed by atoms with van der Waals surface area (Å²) in [6.07, 6.45) is 4.94. The Hall–Kier alpha value is -3.74. The predicted molar refractivity (Wildman–Crippen MR) is 110 cm³/mol. The number of methoxy groups -OCH3 is 2. The lowest BCUT2D eigenvalue weighted by Gasteiger charge is -2.14. The maximum absolute atomic E-state index is 6.25. The lowest BCUT2D eigenvalue weighted by molar-refractivity contribution is 0.355. The molecular formula is C22H20N4O3. The molecule has 0 unspecified atom stereocenters. The maximum atomic E-state index is 6.25. The van der Waals surface area contributed by atoms with Gasteiger partial charge in [0.1, 0.15) is 12.0 Å². The largest absolute Gasteiger partial charge is 0.493 e. The van der Waals surface area contributed by atoms with Crippen molar-refractivity contribution >= 4 is 10.9 Å². The fraction of sp³-hybridized carbons (Fsp3) is 0.182. The third-order valence-corrected chi connectivity index (χ3v) is 4.68. The molecule has 0 fully saturated rings. The smallest absolute Gasteiger partial charge is 0.230 e. The highest BCUT2D eigenvalue weighted by Crippen LogP contribution is 2.38. The average molecular weight is 388 g/mol. The Kier molecular flexibility index (Phi) is 4.95. The van der Waals surface area contributed by atoms with Crippen LogP contribution in [-0.4, -0.2) is 34.2 Å². The van der Waals surface area contributed by atoms with Gasteiger partial charge in [0.15, 0.2) is 17.2 Å². The van der Waals surface area contributed by atoms with Crippen LogP contribution in [0.1, 0.15) is 11.3 Å². The van der Waals surface area contributed by atoms with Gasteiger partial charge in [0.2, 0.25) is 5.88 Å². The number of hydrogen-bond donors (Lipinski definition) is 0. The molecule has 4 rings (SSSR count). The topological polar surface area (TPSA) is 79.3 Å². The minimum Gasteiger partial charge on any atom is -0.493 e. The minimum absolute atomic E-state index is 0.408. The van der Waals surface area contributed by atoms with Crippen molar-refractivity contribution in [2.45, 2.75) is 13.8 Å². The fourth-order valence-electron chi connectivity index (χ4n) is 3.01. The van der Waals surface area contributed by atoms with E-state index < -0.39 is 0 Å². The van der Waals surface area contributed by atoms with Crippen molar-refractivity contribution in [3.8, 4) is 34.4 Å². The number of rotatable bonds is 5. The Morgan fingerprint density at radius 1 is 0.897 bits per heavy atom.